The van der Waals surface area contributed by atoms with Crippen LogP contribution >= 0.6 is 0 Å². The number of fused-ring (bicyclic) bond motifs is 1. The molecule has 126 valence electrons. The minimum absolute atomic E-state index is 0.268. The van der Waals surface area contributed by atoms with E-state index < -0.39 is 11.5 Å². The first-order valence-corrected chi connectivity index (χ1v) is 7.38. The summed E-state index contributed by atoms with van der Waals surface area (Å²) in [5.41, 5.74) is -0.814. The second-order valence-corrected chi connectivity index (χ2v) is 5.82. The molecule has 8 nitrogen and oxygen atoms in total. The number of benzene rings is 1. The molecule has 2 N–H and O–H groups in total. The number of hydrogen-bond donors (Lipinski definition) is 2. The molecule has 1 aliphatic heterocycles. The van der Waals surface area contributed by atoms with Crippen molar-refractivity contribution in [2.24, 2.45) is 0 Å². The number of carbonyl (C=O) groups excluding carboxylic acids is 1. The molecule has 24 heavy (non-hydrogen) atoms. The van der Waals surface area contributed by atoms with Crippen LogP contribution in [0.2, 0.25) is 0 Å². The largest absolute Gasteiger partial charge is 0.486 e. The quantitative estimate of drug-likeness (QED) is 0.884. The maximum absolute atomic E-state index is 12.3. The Morgan fingerprint density at radius 2 is 1.92 bits per heavy atom. The smallest absolute Gasteiger partial charge is 0.331 e. The fraction of sp³-hybridized carbons (Fsp3) is 0.312. The number of amides is 1. The van der Waals surface area contributed by atoms with E-state index in [0.29, 0.717) is 30.3 Å². The van der Waals surface area contributed by atoms with Gasteiger partial charge in [0.2, 0.25) is 0 Å². The second kappa shape index (κ2) is 5.88. The molecular weight excluding hydrogens is 314 g/mol. The van der Waals surface area contributed by atoms with Gasteiger partial charge in [0.05, 0.1) is 0 Å². The van der Waals surface area contributed by atoms with Gasteiger partial charge in [-0.25, -0.2) is 4.79 Å². The minimum Gasteiger partial charge on any atom is -0.486 e. The Morgan fingerprint density at radius 1 is 1.21 bits per heavy atom. The van der Waals surface area contributed by atoms with E-state index in [9.17, 15) is 14.7 Å². The fourth-order valence-corrected chi connectivity index (χ4v) is 2.17. The van der Waals surface area contributed by atoms with Crippen molar-refractivity contribution in [3.8, 4) is 11.5 Å². The summed E-state index contributed by atoms with van der Waals surface area (Å²) >= 11 is 0. The highest BCUT2D eigenvalue weighted by molar-refractivity contribution is 6.04. The molecule has 1 aromatic carbocycles. The summed E-state index contributed by atoms with van der Waals surface area (Å²) in [5.74, 6) is 0.00149. The third-order valence-corrected chi connectivity index (χ3v) is 3.73. The number of ether oxygens (including phenoxy) is 2. The van der Waals surface area contributed by atoms with Gasteiger partial charge >= 0.3 is 5.97 Å². The van der Waals surface area contributed by atoms with Crippen LogP contribution in [0.15, 0.2) is 30.5 Å². The third kappa shape index (κ3) is 2.90. The number of nitrogens with one attached hydrogen (secondary N) is 1. The van der Waals surface area contributed by atoms with Crippen LogP contribution in [0.25, 0.3) is 0 Å². The van der Waals surface area contributed by atoms with Crippen molar-refractivity contribution in [1.29, 1.82) is 0 Å². The van der Waals surface area contributed by atoms with E-state index in [-0.39, 0.29) is 11.7 Å². The van der Waals surface area contributed by atoms with Crippen molar-refractivity contribution in [1.82, 2.24) is 9.78 Å². The average molecular weight is 331 g/mol. The van der Waals surface area contributed by atoms with Gasteiger partial charge in [-0.15, -0.1) is 0 Å². The third-order valence-electron chi connectivity index (χ3n) is 3.73. The van der Waals surface area contributed by atoms with Crippen molar-refractivity contribution in [3.05, 3.63) is 36.0 Å². The van der Waals surface area contributed by atoms with E-state index in [1.54, 1.807) is 24.3 Å². The average Bonchev–Trinajstić information content (AvgIpc) is 3.03. The molecule has 1 aromatic heterocycles. The topological polar surface area (TPSA) is 103 Å². The number of carbonyl (C=O) groups is 2. The molecular formula is C16H17N3O5. The molecule has 0 bridgehead atoms. The van der Waals surface area contributed by atoms with E-state index in [1.807, 2.05) is 0 Å². The summed E-state index contributed by atoms with van der Waals surface area (Å²) in [6.07, 6.45) is 1.51. The molecule has 0 fully saturated rings. The van der Waals surface area contributed by atoms with Crippen LogP contribution in [0.3, 0.4) is 0 Å². The van der Waals surface area contributed by atoms with Crippen LogP contribution in [-0.2, 0) is 10.3 Å². The van der Waals surface area contributed by atoms with Gasteiger partial charge in [0, 0.05) is 17.8 Å². The number of hydrogen-bond acceptors (Lipinski definition) is 5. The van der Waals surface area contributed by atoms with E-state index in [0.717, 1.165) is 0 Å². The Bertz CT molecular complexity index is 797. The Hall–Kier alpha value is -3.03. The predicted molar refractivity (Wildman–Crippen MR) is 84.6 cm³/mol. The zero-order chi connectivity index (χ0) is 17.3. The summed E-state index contributed by atoms with van der Waals surface area (Å²) < 4.78 is 12.1. The Morgan fingerprint density at radius 3 is 2.62 bits per heavy atom. The van der Waals surface area contributed by atoms with Gasteiger partial charge in [0.25, 0.3) is 5.91 Å². The van der Waals surface area contributed by atoms with Crippen molar-refractivity contribution >= 4 is 17.7 Å². The summed E-state index contributed by atoms with van der Waals surface area (Å²) in [6, 6.07) is 6.44. The number of aromatic nitrogens is 2. The first-order valence-electron chi connectivity index (χ1n) is 7.38. The number of aliphatic carboxylic acids is 1. The lowest BCUT2D eigenvalue weighted by molar-refractivity contribution is -0.146. The van der Waals surface area contributed by atoms with Gasteiger partial charge in [-0.2, -0.15) is 5.10 Å². The lowest BCUT2D eigenvalue weighted by Crippen LogP contribution is -2.36. The van der Waals surface area contributed by atoms with Gasteiger partial charge in [0.1, 0.15) is 13.2 Å². The van der Waals surface area contributed by atoms with Gasteiger partial charge in [0.15, 0.2) is 22.9 Å². The molecule has 0 spiro atoms. The summed E-state index contributed by atoms with van der Waals surface area (Å²) in [6.45, 7) is 3.96. The Labute approximate surface area is 138 Å². The Balaban J connectivity index is 1.76. The van der Waals surface area contributed by atoms with E-state index >= 15 is 0 Å². The maximum Gasteiger partial charge on any atom is 0.331 e. The van der Waals surface area contributed by atoms with Crippen LogP contribution in [0.1, 0.15) is 24.2 Å². The molecule has 0 radical (unpaired) electrons. The lowest BCUT2D eigenvalue weighted by Gasteiger charge is -2.19. The predicted octanol–water partition coefficient (Wildman–Crippen LogP) is 1.73. The molecule has 0 unspecified atom stereocenters. The highest BCUT2D eigenvalue weighted by Crippen LogP contribution is 2.31. The molecule has 0 aliphatic carbocycles. The molecule has 3 rings (SSSR count). The van der Waals surface area contributed by atoms with Crippen molar-refractivity contribution < 1.29 is 24.2 Å². The van der Waals surface area contributed by atoms with Crippen LogP contribution in [0.5, 0.6) is 11.5 Å². The molecule has 2 aromatic rings. The molecule has 0 saturated carbocycles. The molecule has 0 atom stereocenters. The van der Waals surface area contributed by atoms with Gasteiger partial charge in [-0.3, -0.25) is 9.48 Å². The first kappa shape index (κ1) is 15.9. The monoisotopic (exact) mass is 331 g/mol. The highest BCUT2D eigenvalue weighted by atomic mass is 16.6. The Kier molecular flexibility index (Phi) is 3.88. The maximum atomic E-state index is 12.3. The number of nitrogens with zero attached hydrogens (tertiary/aromatic N) is 2. The van der Waals surface area contributed by atoms with Gasteiger partial charge in [-0.05, 0) is 32.0 Å². The summed E-state index contributed by atoms with van der Waals surface area (Å²) in [4.78, 5) is 23.6. The fourth-order valence-electron chi connectivity index (χ4n) is 2.17. The number of carboxylic acids is 1. The van der Waals surface area contributed by atoms with Crippen molar-refractivity contribution in [3.63, 3.8) is 0 Å². The first-order chi connectivity index (χ1) is 11.4. The number of carboxylic acid groups (broad SMARTS) is 1. The standard InChI is InChI=1S/C16H17N3O5/c1-16(2,15(21)22)19-6-5-13(18-19)17-14(20)10-3-4-11-12(9-10)24-8-7-23-11/h3-6,9H,7-8H2,1-2H3,(H,21,22)(H,17,18,20). The number of rotatable bonds is 4. The summed E-state index contributed by atoms with van der Waals surface area (Å²) in [5, 5.41) is 15.9. The zero-order valence-electron chi connectivity index (χ0n) is 13.3. The van der Waals surface area contributed by atoms with Gasteiger partial charge < -0.3 is 19.9 Å². The molecule has 1 aliphatic rings. The lowest BCUT2D eigenvalue weighted by atomic mass is 10.1. The SMILES string of the molecule is CC(C)(C(=O)O)n1ccc(NC(=O)c2ccc3c(c2)OCCO3)n1. The van der Waals surface area contributed by atoms with E-state index in [4.69, 9.17) is 9.47 Å². The van der Waals surface area contributed by atoms with Crippen molar-refractivity contribution in [2.75, 3.05) is 18.5 Å². The van der Waals surface area contributed by atoms with Crippen LogP contribution in [0, 0.1) is 0 Å². The molecule has 0 saturated heterocycles. The molecule has 8 heteroatoms. The van der Waals surface area contributed by atoms with Crippen molar-refractivity contribution in [2.45, 2.75) is 19.4 Å². The normalized spacial score (nSPS) is 13.4. The van der Waals surface area contributed by atoms with E-state index in [2.05, 4.69) is 10.4 Å². The van der Waals surface area contributed by atoms with Crippen LogP contribution < -0.4 is 14.8 Å². The van der Waals surface area contributed by atoms with Crippen LogP contribution in [0.4, 0.5) is 5.82 Å². The van der Waals surface area contributed by atoms with Gasteiger partial charge in [-0.1, -0.05) is 0 Å². The van der Waals surface area contributed by atoms with Crippen LogP contribution in [-0.4, -0.2) is 40.0 Å². The molecule has 1 amide bonds. The number of anilines is 1. The highest BCUT2D eigenvalue weighted by Gasteiger charge is 2.30. The molecule has 2 heterocycles. The van der Waals surface area contributed by atoms with E-state index in [1.165, 1.54) is 24.7 Å². The minimum atomic E-state index is -1.21. The zero-order valence-corrected chi connectivity index (χ0v) is 13.3. The summed E-state index contributed by atoms with van der Waals surface area (Å²) in [7, 11) is 0. The second-order valence-electron chi connectivity index (χ2n) is 5.82.